The fourth-order valence-electron chi connectivity index (χ4n) is 2.09. The van der Waals surface area contributed by atoms with Gasteiger partial charge in [0.2, 0.25) is 0 Å². The van der Waals surface area contributed by atoms with Crippen LogP contribution in [0.3, 0.4) is 0 Å². The predicted molar refractivity (Wildman–Crippen MR) is 98.2 cm³/mol. The molecule has 7 heteroatoms. The first-order valence-corrected chi connectivity index (χ1v) is 9.09. The van der Waals surface area contributed by atoms with E-state index in [1.807, 2.05) is 6.92 Å². The molecule has 0 fully saturated rings. The largest absolute Gasteiger partial charge is 0.304 e. The van der Waals surface area contributed by atoms with Crippen LogP contribution in [-0.2, 0) is 14.8 Å². The molecule has 0 spiro atoms. The second-order valence-electron chi connectivity index (χ2n) is 5.61. The first-order chi connectivity index (χ1) is 11.8. The van der Waals surface area contributed by atoms with Crippen molar-refractivity contribution < 1.29 is 13.2 Å². The molecule has 6 nitrogen and oxygen atoms in total. The van der Waals surface area contributed by atoms with Crippen LogP contribution in [0.5, 0.6) is 0 Å². The van der Waals surface area contributed by atoms with E-state index in [0.29, 0.717) is 11.4 Å². The minimum Gasteiger partial charge on any atom is -0.304 e. The third-order valence-electron chi connectivity index (χ3n) is 3.36. The molecular weight excluding hydrogens is 338 g/mol. The van der Waals surface area contributed by atoms with Gasteiger partial charge in [0, 0.05) is 5.70 Å². The lowest BCUT2D eigenvalue weighted by atomic mass is 10.2. The van der Waals surface area contributed by atoms with E-state index in [9.17, 15) is 13.2 Å². The second kappa shape index (κ2) is 7.85. The average Bonchev–Trinajstić information content (AvgIpc) is 2.59. The highest BCUT2D eigenvalue weighted by molar-refractivity contribution is 7.92. The molecule has 132 valence electrons. The molecule has 25 heavy (non-hydrogen) atoms. The topological polar surface area (TPSA) is 78.5 Å². The standard InChI is InChI=1S/C18H21N3O3S/c1-14(2)19-20-18(22)13-21(16-11-9-15(3)10-12-16)25(23,24)17-7-5-4-6-8-17/h4-12,19H,1,13H2,2-3H3,(H,20,22). The zero-order chi connectivity index (χ0) is 18.4. The van der Waals surface area contributed by atoms with Gasteiger partial charge in [-0.25, -0.2) is 8.42 Å². The van der Waals surface area contributed by atoms with Gasteiger partial charge in [-0.05, 0) is 38.1 Å². The molecule has 0 radical (unpaired) electrons. The van der Waals surface area contributed by atoms with E-state index in [2.05, 4.69) is 17.4 Å². The van der Waals surface area contributed by atoms with Crippen molar-refractivity contribution in [2.75, 3.05) is 10.8 Å². The Morgan fingerprint density at radius 2 is 1.64 bits per heavy atom. The van der Waals surface area contributed by atoms with E-state index < -0.39 is 15.9 Å². The van der Waals surface area contributed by atoms with Crippen molar-refractivity contribution in [1.29, 1.82) is 0 Å². The molecule has 1 amide bonds. The number of allylic oxidation sites excluding steroid dienone is 1. The number of sulfonamides is 1. The molecule has 0 aliphatic carbocycles. The predicted octanol–water partition coefficient (Wildman–Crippen LogP) is 2.34. The molecule has 0 heterocycles. The summed E-state index contributed by atoms with van der Waals surface area (Å²) in [6.45, 7) is 6.84. The van der Waals surface area contributed by atoms with Gasteiger partial charge in [0.25, 0.3) is 15.9 Å². The minimum atomic E-state index is -3.88. The molecule has 2 N–H and O–H groups in total. The monoisotopic (exact) mass is 359 g/mol. The number of hydrogen-bond donors (Lipinski definition) is 2. The summed E-state index contributed by atoms with van der Waals surface area (Å²) in [5, 5.41) is 0. The summed E-state index contributed by atoms with van der Waals surface area (Å²) in [5.74, 6) is -0.497. The highest BCUT2D eigenvalue weighted by atomic mass is 32.2. The second-order valence-corrected chi connectivity index (χ2v) is 7.48. The molecular formula is C18H21N3O3S. The molecule has 0 aliphatic rings. The molecule has 0 saturated heterocycles. The third-order valence-corrected chi connectivity index (χ3v) is 5.14. The summed E-state index contributed by atoms with van der Waals surface area (Å²) in [5.41, 5.74) is 6.96. The Labute approximate surface area is 148 Å². The van der Waals surface area contributed by atoms with Gasteiger partial charge in [0.1, 0.15) is 6.54 Å². The van der Waals surface area contributed by atoms with E-state index in [1.54, 1.807) is 49.4 Å². The van der Waals surface area contributed by atoms with Gasteiger partial charge in [-0.1, -0.05) is 42.5 Å². The fourth-order valence-corrected chi connectivity index (χ4v) is 3.53. The van der Waals surface area contributed by atoms with Crippen LogP contribution in [0.1, 0.15) is 12.5 Å². The zero-order valence-corrected chi connectivity index (χ0v) is 15.0. The Morgan fingerprint density at radius 1 is 1.04 bits per heavy atom. The van der Waals surface area contributed by atoms with Crippen molar-refractivity contribution in [2.45, 2.75) is 18.7 Å². The highest BCUT2D eigenvalue weighted by Gasteiger charge is 2.26. The summed E-state index contributed by atoms with van der Waals surface area (Å²) in [6.07, 6.45) is 0. The average molecular weight is 359 g/mol. The van der Waals surface area contributed by atoms with Gasteiger partial charge >= 0.3 is 0 Å². The Hall–Kier alpha value is -2.80. The van der Waals surface area contributed by atoms with Crippen LogP contribution in [-0.4, -0.2) is 20.9 Å². The number of nitrogens with zero attached hydrogens (tertiary/aromatic N) is 1. The molecule has 0 atom stereocenters. The van der Waals surface area contributed by atoms with E-state index in [4.69, 9.17) is 0 Å². The van der Waals surface area contributed by atoms with Gasteiger partial charge < -0.3 is 5.43 Å². The number of hydrazine groups is 1. The molecule has 0 aliphatic heterocycles. The number of carbonyl (C=O) groups excluding carboxylic acids is 1. The van der Waals surface area contributed by atoms with Crippen molar-refractivity contribution in [3.8, 4) is 0 Å². The Kier molecular flexibility index (Phi) is 5.82. The van der Waals surface area contributed by atoms with Crippen LogP contribution < -0.4 is 15.2 Å². The van der Waals surface area contributed by atoms with Crippen molar-refractivity contribution in [3.05, 3.63) is 72.4 Å². The molecule has 0 bridgehead atoms. The van der Waals surface area contributed by atoms with Crippen molar-refractivity contribution >= 4 is 21.6 Å². The summed E-state index contributed by atoms with van der Waals surface area (Å²) in [6, 6.07) is 15.0. The number of hydrogen-bond acceptors (Lipinski definition) is 4. The Balaban J connectivity index is 2.37. The minimum absolute atomic E-state index is 0.122. The molecule has 0 unspecified atom stereocenters. The van der Waals surface area contributed by atoms with E-state index in [1.165, 1.54) is 12.1 Å². The zero-order valence-electron chi connectivity index (χ0n) is 14.2. The van der Waals surface area contributed by atoms with Gasteiger partial charge in [0.05, 0.1) is 10.6 Å². The van der Waals surface area contributed by atoms with Gasteiger partial charge in [-0.3, -0.25) is 14.5 Å². The number of carbonyl (C=O) groups is 1. The maximum atomic E-state index is 13.0. The smallest absolute Gasteiger partial charge is 0.264 e. The number of benzene rings is 2. The molecule has 2 aromatic rings. The number of rotatable bonds is 7. The van der Waals surface area contributed by atoms with Crippen LogP contribution >= 0.6 is 0 Å². The Bertz CT molecular complexity index is 847. The first kappa shape index (κ1) is 18.5. The lowest BCUT2D eigenvalue weighted by molar-refractivity contribution is -0.120. The summed E-state index contributed by atoms with van der Waals surface area (Å²) in [4.78, 5) is 12.3. The number of anilines is 1. The maximum absolute atomic E-state index is 13.0. The lowest BCUT2D eigenvalue weighted by Gasteiger charge is -2.24. The van der Waals surface area contributed by atoms with Crippen LogP contribution in [0.25, 0.3) is 0 Å². The summed E-state index contributed by atoms with van der Waals surface area (Å²) in [7, 11) is -3.88. The Morgan fingerprint density at radius 3 is 2.20 bits per heavy atom. The quantitative estimate of drug-likeness (QED) is 0.744. The van der Waals surface area contributed by atoms with Crippen molar-refractivity contribution in [1.82, 2.24) is 10.9 Å². The number of nitrogens with one attached hydrogen (secondary N) is 2. The molecule has 0 aromatic heterocycles. The SMILES string of the molecule is C=C(C)NNC(=O)CN(c1ccc(C)cc1)S(=O)(=O)c1ccccc1. The van der Waals surface area contributed by atoms with Gasteiger partial charge in [-0.2, -0.15) is 0 Å². The lowest BCUT2D eigenvalue weighted by Crippen LogP contribution is -2.45. The summed E-state index contributed by atoms with van der Waals surface area (Å²) < 4.78 is 27.1. The van der Waals surface area contributed by atoms with E-state index in [0.717, 1.165) is 9.87 Å². The van der Waals surface area contributed by atoms with Crippen LogP contribution in [0.4, 0.5) is 5.69 Å². The van der Waals surface area contributed by atoms with E-state index in [-0.39, 0.29) is 11.4 Å². The van der Waals surface area contributed by atoms with Gasteiger partial charge in [0.15, 0.2) is 0 Å². The maximum Gasteiger partial charge on any atom is 0.264 e. The summed E-state index contributed by atoms with van der Waals surface area (Å²) >= 11 is 0. The van der Waals surface area contributed by atoms with Crippen molar-refractivity contribution in [2.24, 2.45) is 0 Å². The van der Waals surface area contributed by atoms with Crippen LogP contribution in [0.2, 0.25) is 0 Å². The van der Waals surface area contributed by atoms with Crippen LogP contribution in [0.15, 0.2) is 71.8 Å². The van der Waals surface area contributed by atoms with Crippen LogP contribution in [0, 0.1) is 6.92 Å². The number of amides is 1. The molecule has 0 saturated carbocycles. The number of aryl methyl sites for hydroxylation is 1. The molecule has 2 rings (SSSR count). The third kappa shape index (κ3) is 4.84. The molecule has 2 aromatic carbocycles. The normalized spacial score (nSPS) is 10.8. The van der Waals surface area contributed by atoms with Crippen molar-refractivity contribution in [3.63, 3.8) is 0 Å². The first-order valence-electron chi connectivity index (χ1n) is 7.65. The highest BCUT2D eigenvalue weighted by Crippen LogP contribution is 2.23. The van der Waals surface area contributed by atoms with E-state index >= 15 is 0 Å². The fraction of sp³-hybridized carbons (Fsp3) is 0.167. The van der Waals surface area contributed by atoms with Gasteiger partial charge in [-0.15, -0.1) is 0 Å².